The number of ether oxygens (including phenoxy) is 1. The quantitative estimate of drug-likeness (QED) is 0.578. The molecular formula is C20H18ClNO4. The Morgan fingerprint density at radius 3 is 2.50 bits per heavy atom. The first-order valence-electron chi connectivity index (χ1n) is 8.30. The maximum Gasteiger partial charge on any atom is 0.311 e. The minimum atomic E-state index is -0.562. The molecule has 26 heavy (non-hydrogen) atoms. The van der Waals surface area contributed by atoms with E-state index in [1.165, 1.54) is 0 Å². The molecule has 5 nitrogen and oxygen atoms in total. The van der Waals surface area contributed by atoms with Crippen molar-refractivity contribution in [1.29, 1.82) is 0 Å². The van der Waals surface area contributed by atoms with Crippen LogP contribution in [0.25, 0.3) is 0 Å². The normalized spacial score (nSPS) is 16.6. The first-order chi connectivity index (χ1) is 12.5. The van der Waals surface area contributed by atoms with E-state index >= 15 is 0 Å². The van der Waals surface area contributed by atoms with Gasteiger partial charge in [-0.3, -0.25) is 14.4 Å². The van der Waals surface area contributed by atoms with E-state index in [1.807, 2.05) is 18.2 Å². The SMILES string of the molecule is O=C(COC(=O)[C@@H]1CC(=O)N(Cc2ccccc2Cl)C1)c1ccccc1. The zero-order valence-electron chi connectivity index (χ0n) is 14.1. The summed E-state index contributed by atoms with van der Waals surface area (Å²) in [7, 11) is 0. The Bertz CT molecular complexity index is 822. The number of likely N-dealkylation sites (tertiary alicyclic amines) is 1. The van der Waals surface area contributed by atoms with E-state index in [2.05, 4.69) is 0 Å². The number of carbonyl (C=O) groups excluding carboxylic acids is 3. The van der Waals surface area contributed by atoms with Crippen LogP contribution in [-0.2, 0) is 20.9 Å². The molecule has 1 amide bonds. The number of amides is 1. The Morgan fingerprint density at radius 2 is 1.77 bits per heavy atom. The first kappa shape index (κ1) is 18.1. The molecule has 1 fully saturated rings. The molecular weight excluding hydrogens is 354 g/mol. The van der Waals surface area contributed by atoms with Crippen molar-refractivity contribution in [2.45, 2.75) is 13.0 Å². The van der Waals surface area contributed by atoms with Crippen LogP contribution in [0.2, 0.25) is 5.02 Å². The lowest BCUT2D eigenvalue weighted by atomic mass is 10.1. The van der Waals surface area contributed by atoms with Gasteiger partial charge in [-0.15, -0.1) is 0 Å². The number of halogens is 1. The van der Waals surface area contributed by atoms with Crippen LogP contribution >= 0.6 is 11.6 Å². The molecule has 0 bridgehead atoms. The molecule has 0 radical (unpaired) electrons. The van der Waals surface area contributed by atoms with E-state index in [4.69, 9.17) is 16.3 Å². The molecule has 2 aromatic carbocycles. The minimum Gasteiger partial charge on any atom is -0.457 e. The van der Waals surface area contributed by atoms with E-state index in [9.17, 15) is 14.4 Å². The zero-order valence-corrected chi connectivity index (χ0v) is 14.8. The van der Waals surface area contributed by atoms with E-state index in [0.717, 1.165) is 5.56 Å². The van der Waals surface area contributed by atoms with Gasteiger partial charge in [0, 0.05) is 30.1 Å². The molecule has 0 spiro atoms. The van der Waals surface area contributed by atoms with Crippen LogP contribution in [0.5, 0.6) is 0 Å². The van der Waals surface area contributed by atoms with Gasteiger partial charge >= 0.3 is 5.97 Å². The molecule has 134 valence electrons. The van der Waals surface area contributed by atoms with E-state index in [-0.39, 0.29) is 31.3 Å². The number of hydrogen-bond acceptors (Lipinski definition) is 4. The van der Waals surface area contributed by atoms with Crippen LogP contribution < -0.4 is 0 Å². The summed E-state index contributed by atoms with van der Waals surface area (Å²) >= 11 is 6.13. The minimum absolute atomic E-state index is 0.0861. The summed E-state index contributed by atoms with van der Waals surface area (Å²) in [4.78, 5) is 38.0. The lowest BCUT2D eigenvalue weighted by Crippen LogP contribution is -2.27. The van der Waals surface area contributed by atoms with Crippen LogP contribution in [0.3, 0.4) is 0 Å². The van der Waals surface area contributed by atoms with Crippen molar-refractivity contribution in [3.63, 3.8) is 0 Å². The Kier molecular flexibility index (Phi) is 5.68. The molecule has 0 aliphatic carbocycles. The van der Waals surface area contributed by atoms with Crippen molar-refractivity contribution in [1.82, 2.24) is 4.90 Å². The topological polar surface area (TPSA) is 63.7 Å². The van der Waals surface area contributed by atoms with Gasteiger partial charge in [0.1, 0.15) is 0 Å². The van der Waals surface area contributed by atoms with Crippen molar-refractivity contribution < 1.29 is 19.1 Å². The fraction of sp³-hybridized carbons (Fsp3) is 0.250. The van der Waals surface area contributed by atoms with Crippen LogP contribution in [0.1, 0.15) is 22.3 Å². The lowest BCUT2D eigenvalue weighted by molar-refractivity contribution is -0.147. The predicted molar refractivity (Wildman–Crippen MR) is 96.7 cm³/mol. The average Bonchev–Trinajstić information content (AvgIpc) is 3.02. The summed E-state index contributed by atoms with van der Waals surface area (Å²) < 4.78 is 5.12. The van der Waals surface area contributed by atoms with Crippen molar-refractivity contribution in [3.8, 4) is 0 Å². The first-order valence-corrected chi connectivity index (χ1v) is 8.68. The highest BCUT2D eigenvalue weighted by Gasteiger charge is 2.35. The molecule has 0 saturated carbocycles. The Hall–Kier alpha value is -2.66. The average molecular weight is 372 g/mol. The van der Waals surface area contributed by atoms with Crippen molar-refractivity contribution in [2.75, 3.05) is 13.2 Å². The lowest BCUT2D eigenvalue weighted by Gasteiger charge is -2.17. The van der Waals surface area contributed by atoms with Crippen LogP contribution in [0.15, 0.2) is 54.6 Å². The Labute approximate surface area is 156 Å². The number of ketones is 1. The predicted octanol–water partition coefficient (Wildman–Crippen LogP) is 3.11. The second-order valence-electron chi connectivity index (χ2n) is 6.16. The Balaban J connectivity index is 1.54. The largest absolute Gasteiger partial charge is 0.457 e. The third-order valence-corrected chi connectivity index (χ3v) is 4.68. The Morgan fingerprint density at radius 1 is 1.08 bits per heavy atom. The number of benzene rings is 2. The van der Waals surface area contributed by atoms with Gasteiger partial charge in [-0.2, -0.15) is 0 Å². The van der Waals surface area contributed by atoms with Gasteiger partial charge in [0.25, 0.3) is 0 Å². The van der Waals surface area contributed by atoms with Gasteiger partial charge in [0.2, 0.25) is 5.91 Å². The fourth-order valence-corrected chi connectivity index (χ4v) is 3.07. The van der Waals surface area contributed by atoms with Crippen LogP contribution in [0, 0.1) is 5.92 Å². The van der Waals surface area contributed by atoms with E-state index in [1.54, 1.807) is 41.3 Å². The molecule has 2 aromatic rings. The van der Waals surface area contributed by atoms with Crippen molar-refractivity contribution in [2.24, 2.45) is 5.92 Å². The van der Waals surface area contributed by atoms with Gasteiger partial charge in [-0.1, -0.05) is 60.1 Å². The van der Waals surface area contributed by atoms with Gasteiger partial charge in [0.15, 0.2) is 12.4 Å². The van der Waals surface area contributed by atoms with E-state index < -0.39 is 11.9 Å². The summed E-state index contributed by atoms with van der Waals surface area (Å²) in [6, 6.07) is 15.9. The summed E-state index contributed by atoms with van der Waals surface area (Å²) in [6.07, 6.45) is 0.0861. The van der Waals surface area contributed by atoms with Gasteiger partial charge in [-0.05, 0) is 11.6 Å². The van der Waals surface area contributed by atoms with Crippen molar-refractivity contribution in [3.05, 3.63) is 70.7 Å². The third-order valence-electron chi connectivity index (χ3n) is 4.31. The second-order valence-corrected chi connectivity index (χ2v) is 6.57. The molecule has 1 saturated heterocycles. The van der Waals surface area contributed by atoms with Gasteiger partial charge in [-0.25, -0.2) is 0 Å². The highest BCUT2D eigenvalue weighted by atomic mass is 35.5. The maximum absolute atomic E-state index is 12.2. The third kappa shape index (κ3) is 4.29. The smallest absolute Gasteiger partial charge is 0.311 e. The molecule has 0 aromatic heterocycles. The monoisotopic (exact) mass is 371 g/mol. The zero-order chi connectivity index (χ0) is 18.5. The van der Waals surface area contributed by atoms with Crippen molar-refractivity contribution >= 4 is 29.3 Å². The highest BCUT2D eigenvalue weighted by molar-refractivity contribution is 6.31. The number of carbonyl (C=O) groups is 3. The van der Waals surface area contributed by atoms with Crippen LogP contribution in [-0.4, -0.2) is 35.7 Å². The molecule has 3 rings (SSSR count). The molecule has 1 aliphatic heterocycles. The van der Waals surface area contributed by atoms with Gasteiger partial charge < -0.3 is 9.64 Å². The number of nitrogens with zero attached hydrogens (tertiary/aromatic N) is 1. The summed E-state index contributed by atoms with van der Waals surface area (Å²) in [5.41, 5.74) is 1.32. The van der Waals surface area contributed by atoms with Gasteiger partial charge in [0.05, 0.1) is 5.92 Å². The number of Topliss-reactive ketones (excluding diaryl/α,β-unsaturated/α-hetero) is 1. The fourth-order valence-electron chi connectivity index (χ4n) is 2.88. The summed E-state index contributed by atoms with van der Waals surface area (Å²) in [5, 5.41) is 0.583. The molecule has 0 N–H and O–H groups in total. The molecule has 1 aliphatic rings. The molecule has 1 atom stereocenters. The van der Waals surface area contributed by atoms with Crippen LogP contribution in [0.4, 0.5) is 0 Å². The summed E-state index contributed by atoms with van der Waals surface area (Å²) in [6.45, 7) is 0.297. The number of rotatable bonds is 6. The summed E-state index contributed by atoms with van der Waals surface area (Å²) in [5.74, 6) is -1.48. The molecule has 6 heteroatoms. The molecule has 1 heterocycles. The number of hydrogen-bond donors (Lipinski definition) is 0. The highest BCUT2D eigenvalue weighted by Crippen LogP contribution is 2.24. The second kappa shape index (κ2) is 8.15. The number of esters is 1. The standard InChI is InChI=1S/C20H18ClNO4/c21-17-9-5-4-8-15(17)11-22-12-16(10-19(22)24)20(25)26-13-18(23)14-6-2-1-3-7-14/h1-9,16H,10-13H2/t16-/m1/s1. The maximum atomic E-state index is 12.2. The van der Waals surface area contributed by atoms with E-state index in [0.29, 0.717) is 17.1 Å². The molecule has 0 unspecified atom stereocenters.